The van der Waals surface area contributed by atoms with Crippen LogP contribution in [0.1, 0.15) is 32.4 Å². The summed E-state index contributed by atoms with van der Waals surface area (Å²) < 4.78 is 0. The van der Waals surface area contributed by atoms with Crippen molar-refractivity contribution < 1.29 is 4.79 Å². The molecule has 2 heterocycles. The zero-order valence-corrected chi connectivity index (χ0v) is 14.0. The molecule has 2 N–H and O–H groups in total. The van der Waals surface area contributed by atoms with Crippen LogP contribution in [-0.4, -0.2) is 27.6 Å². The highest BCUT2D eigenvalue weighted by molar-refractivity contribution is 7.14. The van der Waals surface area contributed by atoms with E-state index in [-0.39, 0.29) is 5.91 Å². The van der Waals surface area contributed by atoms with Gasteiger partial charge in [0.15, 0.2) is 5.82 Å². The van der Waals surface area contributed by atoms with Crippen molar-refractivity contribution in [1.82, 2.24) is 20.5 Å². The molecular weight excluding hydrogens is 320 g/mol. The third kappa shape index (κ3) is 3.10. The molecule has 1 aliphatic rings. The molecule has 6 heteroatoms. The zero-order chi connectivity index (χ0) is 16.4. The van der Waals surface area contributed by atoms with E-state index < -0.39 is 0 Å². The quantitative estimate of drug-likeness (QED) is 0.751. The molecule has 0 saturated carbocycles. The molecule has 0 saturated heterocycles. The molecule has 2 aromatic heterocycles. The monoisotopic (exact) mass is 338 g/mol. The maximum absolute atomic E-state index is 12.2. The second kappa shape index (κ2) is 6.57. The summed E-state index contributed by atoms with van der Waals surface area (Å²) in [6, 6.07) is 11.9. The minimum atomic E-state index is 0.0113. The van der Waals surface area contributed by atoms with Crippen LogP contribution < -0.4 is 5.32 Å². The largest absolute Gasteiger partial charge is 0.351 e. The molecule has 4 rings (SSSR count). The van der Waals surface area contributed by atoms with Crippen molar-refractivity contribution in [2.24, 2.45) is 0 Å². The summed E-state index contributed by atoms with van der Waals surface area (Å²) in [5.74, 6) is 1.48. The second-order valence-corrected chi connectivity index (χ2v) is 7.03. The van der Waals surface area contributed by atoms with E-state index in [0.29, 0.717) is 18.8 Å². The summed E-state index contributed by atoms with van der Waals surface area (Å²) in [4.78, 5) is 18.9. The lowest BCUT2D eigenvalue weighted by atomic mass is 10.2. The van der Waals surface area contributed by atoms with Crippen LogP contribution in [0.15, 0.2) is 36.4 Å². The van der Waals surface area contributed by atoms with E-state index in [2.05, 4.69) is 20.5 Å². The number of benzene rings is 1. The van der Waals surface area contributed by atoms with Crippen molar-refractivity contribution >= 4 is 17.2 Å². The Bertz CT molecular complexity index is 832. The Morgan fingerprint density at radius 2 is 2.12 bits per heavy atom. The highest BCUT2D eigenvalue weighted by atomic mass is 32.1. The summed E-state index contributed by atoms with van der Waals surface area (Å²) in [7, 11) is 0. The van der Waals surface area contributed by atoms with E-state index in [9.17, 15) is 4.79 Å². The number of nitrogens with zero attached hydrogens (tertiary/aromatic N) is 2. The van der Waals surface area contributed by atoms with Gasteiger partial charge in [-0.25, -0.2) is 4.98 Å². The molecule has 1 aromatic carbocycles. The fourth-order valence-corrected chi connectivity index (χ4v) is 4.12. The SMILES string of the molecule is O=C(NCCc1nc(-c2ccccc2)n[nH]1)c1cc2c(s1)CCC2. The van der Waals surface area contributed by atoms with Crippen LogP contribution in [0.4, 0.5) is 0 Å². The lowest BCUT2D eigenvalue weighted by Gasteiger charge is -2.01. The third-order valence-electron chi connectivity index (χ3n) is 4.18. The van der Waals surface area contributed by atoms with Crippen molar-refractivity contribution in [3.63, 3.8) is 0 Å². The Balaban J connectivity index is 1.32. The summed E-state index contributed by atoms with van der Waals surface area (Å²) in [5, 5.41) is 10.1. The number of nitrogens with one attached hydrogen (secondary N) is 2. The second-order valence-electron chi connectivity index (χ2n) is 5.89. The third-order valence-corrected chi connectivity index (χ3v) is 5.42. The number of fused-ring (bicyclic) bond motifs is 1. The number of hydrogen-bond donors (Lipinski definition) is 2. The number of amides is 1. The molecule has 1 aliphatic carbocycles. The molecule has 0 atom stereocenters. The number of rotatable bonds is 5. The first-order valence-corrected chi connectivity index (χ1v) is 8.98. The van der Waals surface area contributed by atoms with Gasteiger partial charge in [-0.15, -0.1) is 11.3 Å². The van der Waals surface area contributed by atoms with Crippen molar-refractivity contribution in [3.8, 4) is 11.4 Å². The number of aromatic amines is 1. The zero-order valence-electron chi connectivity index (χ0n) is 13.2. The predicted molar refractivity (Wildman–Crippen MR) is 94.2 cm³/mol. The van der Waals surface area contributed by atoms with Gasteiger partial charge in [0.1, 0.15) is 5.82 Å². The van der Waals surface area contributed by atoms with Crippen LogP contribution in [0.25, 0.3) is 11.4 Å². The predicted octanol–water partition coefficient (Wildman–Crippen LogP) is 2.99. The van der Waals surface area contributed by atoms with Gasteiger partial charge in [-0.3, -0.25) is 9.89 Å². The van der Waals surface area contributed by atoms with E-state index in [1.54, 1.807) is 11.3 Å². The topological polar surface area (TPSA) is 70.7 Å². The number of aryl methyl sites for hydroxylation is 2. The summed E-state index contributed by atoms with van der Waals surface area (Å²) >= 11 is 1.63. The van der Waals surface area contributed by atoms with Crippen LogP contribution in [0.2, 0.25) is 0 Å². The van der Waals surface area contributed by atoms with Gasteiger partial charge in [0.25, 0.3) is 5.91 Å². The Kier molecular flexibility index (Phi) is 4.13. The number of carbonyl (C=O) groups excluding carboxylic acids is 1. The van der Waals surface area contributed by atoms with Gasteiger partial charge in [0.2, 0.25) is 0 Å². The summed E-state index contributed by atoms with van der Waals surface area (Å²) in [6.45, 7) is 0.546. The van der Waals surface area contributed by atoms with E-state index in [1.807, 2.05) is 36.4 Å². The maximum atomic E-state index is 12.2. The van der Waals surface area contributed by atoms with Crippen molar-refractivity contribution in [3.05, 3.63) is 57.5 Å². The van der Waals surface area contributed by atoms with Crippen molar-refractivity contribution in [1.29, 1.82) is 0 Å². The van der Waals surface area contributed by atoms with E-state index in [0.717, 1.165) is 29.1 Å². The first-order chi connectivity index (χ1) is 11.8. The van der Waals surface area contributed by atoms with Gasteiger partial charge in [-0.1, -0.05) is 30.3 Å². The van der Waals surface area contributed by atoms with Crippen molar-refractivity contribution in [2.75, 3.05) is 6.54 Å². The van der Waals surface area contributed by atoms with Gasteiger partial charge >= 0.3 is 0 Å². The minimum Gasteiger partial charge on any atom is -0.351 e. The first-order valence-electron chi connectivity index (χ1n) is 8.16. The molecule has 0 radical (unpaired) electrons. The lowest BCUT2D eigenvalue weighted by molar-refractivity contribution is 0.0958. The Morgan fingerprint density at radius 1 is 1.25 bits per heavy atom. The number of H-pyrrole nitrogens is 1. The van der Waals surface area contributed by atoms with Gasteiger partial charge in [0.05, 0.1) is 4.88 Å². The molecule has 1 amide bonds. The van der Waals surface area contributed by atoms with Crippen LogP contribution in [0.3, 0.4) is 0 Å². The van der Waals surface area contributed by atoms with Crippen LogP contribution in [-0.2, 0) is 19.3 Å². The fourth-order valence-electron chi connectivity index (χ4n) is 2.95. The first kappa shape index (κ1) is 15.1. The number of aromatic nitrogens is 3. The molecule has 3 aromatic rings. The molecule has 0 spiro atoms. The molecule has 24 heavy (non-hydrogen) atoms. The highest BCUT2D eigenvalue weighted by Gasteiger charge is 2.18. The van der Waals surface area contributed by atoms with Crippen LogP contribution in [0.5, 0.6) is 0 Å². The molecule has 5 nitrogen and oxygen atoms in total. The van der Waals surface area contributed by atoms with E-state index >= 15 is 0 Å². The summed E-state index contributed by atoms with van der Waals surface area (Å²) in [6.07, 6.45) is 4.09. The lowest BCUT2D eigenvalue weighted by Crippen LogP contribution is -2.25. The molecule has 0 unspecified atom stereocenters. The summed E-state index contributed by atoms with van der Waals surface area (Å²) in [5.41, 5.74) is 2.34. The smallest absolute Gasteiger partial charge is 0.261 e. The molecule has 0 fully saturated rings. The average Bonchev–Trinajstić information content (AvgIpc) is 3.31. The van der Waals surface area contributed by atoms with Gasteiger partial charge < -0.3 is 5.32 Å². The number of carbonyl (C=O) groups is 1. The van der Waals surface area contributed by atoms with Crippen LogP contribution in [0, 0.1) is 0 Å². The highest BCUT2D eigenvalue weighted by Crippen LogP contribution is 2.30. The number of hydrogen-bond acceptors (Lipinski definition) is 4. The van der Waals surface area contributed by atoms with Gasteiger partial charge in [0, 0.05) is 23.4 Å². The molecule has 0 aliphatic heterocycles. The molecular formula is C18H18N4OS. The Morgan fingerprint density at radius 3 is 2.96 bits per heavy atom. The van der Waals surface area contributed by atoms with Crippen LogP contribution >= 0.6 is 11.3 Å². The Labute approximate surface area is 144 Å². The average molecular weight is 338 g/mol. The fraction of sp³-hybridized carbons (Fsp3) is 0.278. The Hall–Kier alpha value is -2.47. The number of thiophene rings is 1. The normalized spacial score (nSPS) is 13.0. The van der Waals surface area contributed by atoms with Gasteiger partial charge in [-0.2, -0.15) is 5.10 Å². The maximum Gasteiger partial charge on any atom is 0.261 e. The molecule has 122 valence electrons. The van der Waals surface area contributed by atoms with E-state index in [4.69, 9.17) is 0 Å². The standard InChI is InChI=1S/C18H18N4OS/c23-18(15-11-13-7-4-8-14(13)24-15)19-10-9-16-20-17(22-21-16)12-5-2-1-3-6-12/h1-3,5-6,11H,4,7-10H2,(H,19,23)(H,20,21,22). The molecule has 0 bridgehead atoms. The van der Waals surface area contributed by atoms with E-state index in [1.165, 1.54) is 16.9 Å². The minimum absolute atomic E-state index is 0.0113. The van der Waals surface area contributed by atoms with Crippen molar-refractivity contribution in [2.45, 2.75) is 25.7 Å². The van der Waals surface area contributed by atoms with Gasteiger partial charge in [-0.05, 0) is 30.9 Å².